The van der Waals surface area contributed by atoms with E-state index in [0.717, 1.165) is 5.82 Å². The molecule has 9 heteroatoms. The molecule has 0 amide bonds. The van der Waals surface area contributed by atoms with Crippen molar-refractivity contribution in [2.45, 2.75) is 30.8 Å². The van der Waals surface area contributed by atoms with Crippen LogP contribution in [0.5, 0.6) is 0 Å². The molecule has 0 aliphatic rings. The van der Waals surface area contributed by atoms with Crippen molar-refractivity contribution in [3.63, 3.8) is 0 Å². The summed E-state index contributed by atoms with van der Waals surface area (Å²) in [5.74, 6) is 1.47. The minimum absolute atomic E-state index is 0.0114. The van der Waals surface area contributed by atoms with Gasteiger partial charge in [-0.2, -0.15) is 5.10 Å². The van der Waals surface area contributed by atoms with Crippen LogP contribution in [0, 0.1) is 0 Å². The second-order valence-electron chi connectivity index (χ2n) is 6.07. The fourth-order valence-electron chi connectivity index (χ4n) is 2.65. The van der Waals surface area contributed by atoms with Gasteiger partial charge < -0.3 is 8.98 Å². The summed E-state index contributed by atoms with van der Waals surface area (Å²) < 4.78 is 36.7. The lowest BCUT2D eigenvalue weighted by molar-refractivity contribution is 0.402. The molecule has 25 heavy (non-hydrogen) atoms. The highest BCUT2D eigenvalue weighted by molar-refractivity contribution is 7.89. The van der Waals surface area contributed by atoms with Crippen LogP contribution in [0.1, 0.15) is 37.4 Å². The summed E-state index contributed by atoms with van der Waals surface area (Å²) in [7, 11) is -1.95. The Morgan fingerprint density at radius 2 is 2.12 bits per heavy atom. The van der Waals surface area contributed by atoms with Gasteiger partial charge in [0.1, 0.15) is 17.6 Å². The van der Waals surface area contributed by atoms with Gasteiger partial charge >= 0.3 is 0 Å². The van der Waals surface area contributed by atoms with E-state index in [0.29, 0.717) is 5.76 Å². The van der Waals surface area contributed by atoms with Crippen LogP contribution in [-0.4, -0.2) is 34.3 Å². The fraction of sp³-hybridized carbons (Fsp3) is 0.375. The zero-order valence-corrected chi connectivity index (χ0v) is 15.1. The van der Waals surface area contributed by atoms with Gasteiger partial charge in [0.25, 0.3) is 10.0 Å². The predicted molar refractivity (Wildman–Crippen MR) is 91.6 cm³/mol. The Labute approximate surface area is 146 Å². The molecule has 3 aromatic heterocycles. The van der Waals surface area contributed by atoms with Gasteiger partial charge in [-0.05, 0) is 18.2 Å². The number of aryl methyl sites for hydroxylation is 1. The van der Waals surface area contributed by atoms with Crippen molar-refractivity contribution in [3.05, 3.63) is 54.6 Å². The van der Waals surface area contributed by atoms with E-state index in [4.69, 9.17) is 4.42 Å². The summed E-state index contributed by atoms with van der Waals surface area (Å²) in [6.45, 7) is 4.04. The topological polar surface area (TPSA) is 94.9 Å². The highest BCUT2D eigenvalue weighted by Gasteiger charge is 2.24. The number of aromatic nitrogens is 4. The number of furan rings is 1. The lowest BCUT2D eigenvalue weighted by Crippen LogP contribution is -2.31. The fourth-order valence-corrected chi connectivity index (χ4v) is 3.69. The summed E-state index contributed by atoms with van der Waals surface area (Å²) in [6.07, 6.45) is 6.47. The molecule has 134 valence electrons. The molecular formula is C16H21N5O3S. The molecular weight excluding hydrogens is 342 g/mol. The third-order valence-electron chi connectivity index (χ3n) is 3.86. The van der Waals surface area contributed by atoms with Crippen LogP contribution < -0.4 is 4.72 Å². The Bertz CT molecular complexity index is 877. The van der Waals surface area contributed by atoms with Crippen LogP contribution in [0.3, 0.4) is 0 Å². The second-order valence-corrected chi connectivity index (χ2v) is 7.79. The van der Waals surface area contributed by atoms with Crippen molar-refractivity contribution in [1.29, 1.82) is 0 Å². The molecule has 3 aromatic rings. The molecule has 0 aliphatic carbocycles. The molecule has 1 N–H and O–H groups in total. The van der Waals surface area contributed by atoms with Crippen LogP contribution in [-0.2, 0) is 17.1 Å². The van der Waals surface area contributed by atoms with Crippen molar-refractivity contribution < 1.29 is 12.8 Å². The monoisotopic (exact) mass is 363 g/mol. The Morgan fingerprint density at radius 3 is 2.68 bits per heavy atom. The molecule has 0 saturated heterocycles. The summed E-state index contributed by atoms with van der Waals surface area (Å²) in [4.78, 5) is 4.25. The Kier molecular flexibility index (Phi) is 4.78. The average Bonchev–Trinajstić information content (AvgIpc) is 3.28. The summed E-state index contributed by atoms with van der Waals surface area (Å²) in [5, 5.41) is 4.20. The zero-order valence-electron chi connectivity index (χ0n) is 14.3. The zero-order chi connectivity index (χ0) is 18.0. The van der Waals surface area contributed by atoms with E-state index < -0.39 is 10.0 Å². The summed E-state index contributed by atoms with van der Waals surface area (Å²) in [6, 6.07) is 4.94. The maximum atomic E-state index is 12.6. The molecule has 0 aliphatic heterocycles. The SMILES string of the molecule is CC(C)c1nc(S(=O)(=O)NC[C@H](c2ccco2)n2cccn2)cn1C. The molecule has 0 radical (unpaired) electrons. The smallest absolute Gasteiger partial charge is 0.259 e. The average molecular weight is 363 g/mol. The van der Waals surface area contributed by atoms with Gasteiger partial charge in [0.05, 0.1) is 6.26 Å². The number of rotatable bonds is 7. The molecule has 0 saturated carbocycles. The van der Waals surface area contributed by atoms with Crippen molar-refractivity contribution >= 4 is 10.0 Å². The number of nitrogens with zero attached hydrogens (tertiary/aromatic N) is 4. The molecule has 1 atom stereocenters. The third-order valence-corrected chi connectivity index (χ3v) is 5.16. The van der Waals surface area contributed by atoms with Crippen LogP contribution in [0.25, 0.3) is 0 Å². The normalized spacial score (nSPS) is 13.4. The molecule has 3 rings (SSSR count). The number of imidazole rings is 1. The number of hydrogen-bond acceptors (Lipinski definition) is 5. The molecule has 0 bridgehead atoms. The Hall–Kier alpha value is -2.39. The first kappa shape index (κ1) is 17.4. The first-order chi connectivity index (χ1) is 11.9. The predicted octanol–water partition coefficient (Wildman–Crippen LogP) is 1.90. The first-order valence-electron chi connectivity index (χ1n) is 7.94. The van der Waals surface area contributed by atoms with Gasteiger partial charge in [-0.3, -0.25) is 4.68 Å². The van der Waals surface area contributed by atoms with Gasteiger partial charge in [0.2, 0.25) is 0 Å². The highest BCUT2D eigenvalue weighted by atomic mass is 32.2. The Balaban J connectivity index is 1.82. The maximum Gasteiger partial charge on any atom is 0.259 e. The maximum absolute atomic E-state index is 12.6. The molecule has 0 aromatic carbocycles. The van der Waals surface area contributed by atoms with E-state index in [1.165, 1.54) is 6.20 Å². The van der Waals surface area contributed by atoms with Crippen molar-refractivity contribution in [2.75, 3.05) is 6.54 Å². The van der Waals surface area contributed by atoms with Gasteiger partial charge in [-0.15, -0.1) is 0 Å². The third kappa shape index (κ3) is 3.67. The summed E-state index contributed by atoms with van der Waals surface area (Å²) in [5.41, 5.74) is 0. The lowest BCUT2D eigenvalue weighted by Gasteiger charge is -2.15. The van der Waals surface area contributed by atoms with E-state index >= 15 is 0 Å². The highest BCUT2D eigenvalue weighted by Crippen LogP contribution is 2.19. The second kappa shape index (κ2) is 6.85. The number of nitrogens with one attached hydrogen (secondary N) is 1. The van der Waals surface area contributed by atoms with Gasteiger partial charge in [0, 0.05) is 38.1 Å². The van der Waals surface area contributed by atoms with Crippen LogP contribution in [0.2, 0.25) is 0 Å². The van der Waals surface area contributed by atoms with E-state index in [9.17, 15) is 8.42 Å². The van der Waals surface area contributed by atoms with E-state index in [1.54, 1.807) is 53.2 Å². The van der Waals surface area contributed by atoms with Crippen molar-refractivity contribution in [1.82, 2.24) is 24.1 Å². The van der Waals surface area contributed by atoms with Crippen LogP contribution in [0.15, 0.2) is 52.5 Å². The van der Waals surface area contributed by atoms with Crippen molar-refractivity contribution in [2.24, 2.45) is 7.05 Å². The Morgan fingerprint density at radius 1 is 1.32 bits per heavy atom. The molecule has 3 heterocycles. The van der Waals surface area contributed by atoms with E-state index in [1.807, 2.05) is 13.8 Å². The largest absolute Gasteiger partial charge is 0.467 e. The minimum Gasteiger partial charge on any atom is -0.467 e. The molecule has 0 fully saturated rings. The van der Waals surface area contributed by atoms with Crippen LogP contribution in [0.4, 0.5) is 0 Å². The lowest BCUT2D eigenvalue weighted by atomic mass is 10.2. The standard InChI is InChI=1S/C16H21N5O3S/c1-12(2)16-19-15(11-20(16)3)25(22,23)18-10-13(14-6-4-9-24-14)21-8-5-7-17-21/h4-9,11-13,18H,10H2,1-3H3/t13-/m1/s1. The minimum atomic E-state index is -3.74. The quantitative estimate of drug-likeness (QED) is 0.692. The van der Waals surface area contributed by atoms with Gasteiger partial charge in [-0.25, -0.2) is 18.1 Å². The number of sulfonamides is 1. The molecule has 0 spiro atoms. The van der Waals surface area contributed by atoms with E-state index in [2.05, 4.69) is 14.8 Å². The van der Waals surface area contributed by atoms with E-state index in [-0.39, 0.29) is 23.5 Å². The molecule has 0 unspecified atom stereocenters. The summed E-state index contributed by atoms with van der Waals surface area (Å²) >= 11 is 0. The first-order valence-corrected chi connectivity index (χ1v) is 9.42. The van der Waals surface area contributed by atoms with Crippen molar-refractivity contribution in [3.8, 4) is 0 Å². The molecule has 8 nitrogen and oxygen atoms in total. The van der Waals surface area contributed by atoms with Crippen LogP contribution >= 0.6 is 0 Å². The van der Waals surface area contributed by atoms with Gasteiger partial charge in [-0.1, -0.05) is 13.8 Å². The van der Waals surface area contributed by atoms with Gasteiger partial charge in [0.15, 0.2) is 5.03 Å². The number of hydrogen-bond donors (Lipinski definition) is 1.